The molecule has 1 fully saturated rings. The monoisotopic (exact) mass is 351 g/mol. The van der Waals surface area contributed by atoms with Crippen LogP contribution in [0.4, 0.5) is 0 Å². The Hall–Kier alpha value is -2.69. The number of para-hydroxylation sites is 2. The number of hydrogen-bond acceptors (Lipinski definition) is 3. The quantitative estimate of drug-likeness (QED) is 0.657. The highest BCUT2D eigenvalue weighted by Crippen LogP contribution is 2.42. The van der Waals surface area contributed by atoms with E-state index in [1.54, 1.807) is 7.05 Å². The Kier molecular flexibility index (Phi) is 4.69. The van der Waals surface area contributed by atoms with Crippen LogP contribution in [0, 0.1) is 6.92 Å². The molecule has 0 amide bonds. The second kappa shape index (κ2) is 7.28. The van der Waals surface area contributed by atoms with Crippen molar-refractivity contribution in [2.24, 2.45) is 4.99 Å². The van der Waals surface area contributed by atoms with E-state index in [-0.39, 0.29) is 6.10 Å². The third-order valence-corrected chi connectivity index (χ3v) is 4.99. The predicted molar refractivity (Wildman–Crippen MR) is 103 cm³/mol. The topological polar surface area (TPSA) is 54.9 Å². The van der Waals surface area contributed by atoms with Gasteiger partial charge >= 0.3 is 0 Å². The van der Waals surface area contributed by atoms with E-state index in [4.69, 9.17) is 9.47 Å². The van der Waals surface area contributed by atoms with Gasteiger partial charge in [0.25, 0.3) is 0 Å². The SMILES string of the molecule is CN=C(NCC1COc2ccccc2O1)NC1CC1c1ccccc1C. The smallest absolute Gasteiger partial charge is 0.191 e. The van der Waals surface area contributed by atoms with E-state index >= 15 is 0 Å². The number of nitrogens with one attached hydrogen (secondary N) is 2. The Morgan fingerprint density at radius 2 is 1.88 bits per heavy atom. The number of hydrogen-bond donors (Lipinski definition) is 2. The Morgan fingerprint density at radius 3 is 2.69 bits per heavy atom. The molecular weight excluding hydrogens is 326 g/mol. The molecule has 2 aliphatic rings. The molecule has 1 heterocycles. The number of aliphatic imine (C=N–C) groups is 1. The highest BCUT2D eigenvalue weighted by molar-refractivity contribution is 5.80. The summed E-state index contributed by atoms with van der Waals surface area (Å²) in [4.78, 5) is 4.35. The number of nitrogens with zero attached hydrogens (tertiary/aromatic N) is 1. The summed E-state index contributed by atoms with van der Waals surface area (Å²) < 4.78 is 11.7. The van der Waals surface area contributed by atoms with Gasteiger partial charge in [-0.15, -0.1) is 0 Å². The van der Waals surface area contributed by atoms with Gasteiger partial charge in [0.05, 0.1) is 6.54 Å². The molecule has 5 nitrogen and oxygen atoms in total. The maximum atomic E-state index is 5.98. The van der Waals surface area contributed by atoms with Crippen LogP contribution in [0.25, 0.3) is 0 Å². The Labute approximate surface area is 154 Å². The van der Waals surface area contributed by atoms with E-state index in [0.717, 1.165) is 23.9 Å². The lowest BCUT2D eigenvalue weighted by Gasteiger charge is -2.27. The van der Waals surface area contributed by atoms with Crippen LogP contribution in [0.5, 0.6) is 11.5 Å². The summed E-state index contributed by atoms with van der Waals surface area (Å²) in [5.41, 5.74) is 2.79. The molecule has 2 N–H and O–H groups in total. The van der Waals surface area contributed by atoms with Crippen LogP contribution >= 0.6 is 0 Å². The fourth-order valence-corrected chi connectivity index (χ4v) is 3.45. The number of ether oxygens (including phenoxy) is 2. The molecule has 3 atom stereocenters. The van der Waals surface area contributed by atoms with Gasteiger partial charge in [0, 0.05) is 19.0 Å². The van der Waals surface area contributed by atoms with Crippen LogP contribution in [-0.4, -0.2) is 38.3 Å². The maximum absolute atomic E-state index is 5.98. The predicted octanol–water partition coefficient (Wildman–Crippen LogP) is 2.86. The molecule has 0 saturated heterocycles. The van der Waals surface area contributed by atoms with E-state index in [9.17, 15) is 0 Å². The molecule has 0 spiro atoms. The van der Waals surface area contributed by atoms with Crippen molar-refractivity contribution < 1.29 is 9.47 Å². The first kappa shape index (κ1) is 16.8. The van der Waals surface area contributed by atoms with Gasteiger partial charge in [-0.05, 0) is 36.6 Å². The molecule has 1 aliphatic heterocycles. The number of benzene rings is 2. The first-order valence-electron chi connectivity index (χ1n) is 9.16. The van der Waals surface area contributed by atoms with Crippen molar-refractivity contribution in [1.82, 2.24) is 10.6 Å². The lowest BCUT2D eigenvalue weighted by molar-refractivity contribution is 0.0936. The number of rotatable bonds is 4. The van der Waals surface area contributed by atoms with E-state index in [1.165, 1.54) is 11.1 Å². The minimum Gasteiger partial charge on any atom is -0.486 e. The van der Waals surface area contributed by atoms with E-state index in [2.05, 4.69) is 46.8 Å². The first-order valence-corrected chi connectivity index (χ1v) is 9.16. The number of guanidine groups is 1. The van der Waals surface area contributed by atoms with Gasteiger partial charge < -0.3 is 20.1 Å². The summed E-state index contributed by atoms with van der Waals surface area (Å²) in [6, 6.07) is 16.8. The van der Waals surface area contributed by atoms with Crippen molar-refractivity contribution in [2.75, 3.05) is 20.2 Å². The van der Waals surface area contributed by atoms with Crippen LogP contribution in [0.15, 0.2) is 53.5 Å². The minimum atomic E-state index is -0.0326. The number of aryl methyl sites for hydroxylation is 1. The zero-order valence-corrected chi connectivity index (χ0v) is 15.2. The summed E-state index contributed by atoms with van der Waals surface area (Å²) in [5, 5.41) is 6.88. The van der Waals surface area contributed by atoms with Gasteiger partial charge in [-0.2, -0.15) is 0 Å². The van der Waals surface area contributed by atoms with Crippen LogP contribution in [0.2, 0.25) is 0 Å². The summed E-state index contributed by atoms with van der Waals surface area (Å²) in [5.74, 6) is 2.99. The Morgan fingerprint density at radius 1 is 1.12 bits per heavy atom. The average molecular weight is 351 g/mol. The molecule has 0 bridgehead atoms. The molecule has 0 aromatic heterocycles. The third-order valence-electron chi connectivity index (χ3n) is 4.99. The van der Waals surface area contributed by atoms with E-state index < -0.39 is 0 Å². The first-order chi connectivity index (χ1) is 12.7. The van der Waals surface area contributed by atoms with Gasteiger partial charge in [-0.1, -0.05) is 36.4 Å². The fraction of sp³-hybridized carbons (Fsp3) is 0.381. The summed E-state index contributed by atoms with van der Waals surface area (Å²) in [7, 11) is 1.80. The lowest BCUT2D eigenvalue weighted by atomic mass is 10.0. The molecular formula is C21H25N3O2. The maximum Gasteiger partial charge on any atom is 0.191 e. The average Bonchev–Trinajstić information content (AvgIpc) is 3.44. The standard InChI is InChI=1S/C21H25N3O2/c1-14-7-3-4-8-16(14)17-11-18(17)24-21(22-2)23-12-15-13-25-19-9-5-6-10-20(19)26-15/h3-10,15,17-18H,11-13H2,1-2H3,(H2,22,23,24). The van der Waals surface area contributed by atoms with E-state index in [0.29, 0.717) is 25.1 Å². The summed E-state index contributed by atoms with van der Waals surface area (Å²) >= 11 is 0. The van der Waals surface area contributed by atoms with Gasteiger partial charge in [0.15, 0.2) is 17.5 Å². The van der Waals surface area contributed by atoms with Crippen LogP contribution in [0.1, 0.15) is 23.5 Å². The normalized spacial score (nSPS) is 24.1. The second-order valence-corrected chi connectivity index (χ2v) is 6.90. The molecule has 3 unspecified atom stereocenters. The van der Waals surface area contributed by atoms with Gasteiger partial charge in [-0.25, -0.2) is 0 Å². The lowest BCUT2D eigenvalue weighted by Crippen LogP contribution is -2.46. The van der Waals surface area contributed by atoms with Gasteiger partial charge in [0.2, 0.25) is 0 Å². The van der Waals surface area contributed by atoms with Crippen molar-refractivity contribution in [3.63, 3.8) is 0 Å². The molecule has 136 valence electrons. The van der Waals surface area contributed by atoms with Crippen molar-refractivity contribution in [3.8, 4) is 11.5 Å². The molecule has 2 aromatic carbocycles. The zero-order chi connectivity index (χ0) is 17.9. The Bertz CT molecular complexity index is 805. The van der Waals surface area contributed by atoms with Crippen molar-refractivity contribution in [2.45, 2.75) is 31.4 Å². The summed E-state index contributed by atoms with van der Waals surface area (Å²) in [6.07, 6.45) is 1.11. The van der Waals surface area contributed by atoms with E-state index in [1.807, 2.05) is 24.3 Å². The molecule has 1 saturated carbocycles. The molecule has 26 heavy (non-hydrogen) atoms. The van der Waals surface area contributed by atoms with Gasteiger partial charge in [-0.3, -0.25) is 4.99 Å². The Balaban J connectivity index is 1.28. The fourth-order valence-electron chi connectivity index (χ4n) is 3.45. The van der Waals surface area contributed by atoms with Crippen molar-refractivity contribution in [1.29, 1.82) is 0 Å². The largest absolute Gasteiger partial charge is 0.486 e. The highest BCUT2D eigenvalue weighted by atomic mass is 16.6. The highest BCUT2D eigenvalue weighted by Gasteiger charge is 2.39. The molecule has 4 rings (SSSR count). The second-order valence-electron chi connectivity index (χ2n) is 6.90. The zero-order valence-electron chi connectivity index (χ0n) is 15.2. The molecule has 0 radical (unpaired) electrons. The molecule has 5 heteroatoms. The van der Waals surface area contributed by atoms with Crippen LogP contribution in [-0.2, 0) is 0 Å². The van der Waals surface area contributed by atoms with Crippen molar-refractivity contribution >= 4 is 5.96 Å². The van der Waals surface area contributed by atoms with Crippen molar-refractivity contribution in [3.05, 3.63) is 59.7 Å². The molecule has 2 aromatic rings. The molecule has 1 aliphatic carbocycles. The van der Waals surface area contributed by atoms with Crippen LogP contribution < -0.4 is 20.1 Å². The van der Waals surface area contributed by atoms with Crippen LogP contribution in [0.3, 0.4) is 0 Å². The third kappa shape index (κ3) is 3.62. The minimum absolute atomic E-state index is 0.0326. The summed E-state index contributed by atoms with van der Waals surface area (Å²) in [6.45, 7) is 3.36. The number of fused-ring (bicyclic) bond motifs is 1. The van der Waals surface area contributed by atoms with Gasteiger partial charge in [0.1, 0.15) is 12.7 Å².